The first-order valence-corrected chi connectivity index (χ1v) is 9.61. The number of rotatable bonds is 4. The van der Waals surface area contributed by atoms with Crippen LogP contribution in [0.4, 0.5) is 8.78 Å². The van der Waals surface area contributed by atoms with Gasteiger partial charge in [-0.3, -0.25) is 4.79 Å². The Balaban J connectivity index is 1.48. The predicted octanol–water partition coefficient (Wildman–Crippen LogP) is 3.06. The molecule has 1 amide bonds. The summed E-state index contributed by atoms with van der Waals surface area (Å²) in [5, 5.41) is 11.2. The fourth-order valence-corrected chi connectivity index (χ4v) is 4.58. The number of aromatic nitrogens is 3. The number of carbonyl (C=O) groups is 1. The number of hydrogen-bond donors (Lipinski definition) is 1. The maximum atomic E-state index is 14.4. The second kappa shape index (κ2) is 7.02. The van der Waals surface area contributed by atoms with Gasteiger partial charge in [-0.1, -0.05) is 25.0 Å². The summed E-state index contributed by atoms with van der Waals surface area (Å²) in [4.78, 5) is 12.8. The molecule has 7 heteroatoms. The highest BCUT2D eigenvalue weighted by Crippen LogP contribution is 2.42. The van der Waals surface area contributed by atoms with Gasteiger partial charge in [0.15, 0.2) is 11.6 Å². The quantitative estimate of drug-likeness (QED) is 0.895. The highest BCUT2D eigenvalue weighted by molar-refractivity contribution is 5.78. The van der Waals surface area contributed by atoms with E-state index < -0.39 is 17.0 Å². The molecule has 2 heterocycles. The van der Waals surface area contributed by atoms with Gasteiger partial charge in [-0.2, -0.15) is 0 Å². The zero-order valence-electron chi connectivity index (χ0n) is 15.5. The average Bonchev–Trinajstić information content (AvgIpc) is 3.30. The van der Waals surface area contributed by atoms with Crippen LogP contribution in [0.1, 0.15) is 49.3 Å². The highest BCUT2D eigenvalue weighted by atomic mass is 19.2. The number of nitrogens with one attached hydrogen (secondary N) is 1. The third-order valence-corrected chi connectivity index (χ3v) is 6.19. The summed E-state index contributed by atoms with van der Waals surface area (Å²) in [5.41, 5.74) is -0.130. The first-order chi connectivity index (χ1) is 13.0. The van der Waals surface area contributed by atoms with Crippen molar-refractivity contribution in [1.82, 2.24) is 20.1 Å². The van der Waals surface area contributed by atoms with Gasteiger partial charge in [0.1, 0.15) is 11.6 Å². The minimum atomic E-state index is -0.826. The summed E-state index contributed by atoms with van der Waals surface area (Å²) in [5.74, 6) is -0.0499. The van der Waals surface area contributed by atoms with Crippen LogP contribution in [0.5, 0.6) is 0 Å². The maximum Gasteiger partial charge on any atom is 0.224 e. The number of halogens is 2. The maximum absolute atomic E-state index is 14.4. The van der Waals surface area contributed by atoms with Gasteiger partial charge in [-0.15, -0.1) is 10.2 Å². The molecule has 5 nitrogen and oxygen atoms in total. The van der Waals surface area contributed by atoms with Crippen LogP contribution in [0.2, 0.25) is 0 Å². The first kappa shape index (κ1) is 18.1. The third kappa shape index (κ3) is 3.24. The van der Waals surface area contributed by atoms with Gasteiger partial charge in [-0.05, 0) is 37.8 Å². The van der Waals surface area contributed by atoms with Crippen LogP contribution in [-0.4, -0.2) is 27.2 Å². The minimum absolute atomic E-state index is 0.0307. The number of fused-ring (bicyclic) bond motifs is 1. The molecule has 0 spiro atoms. The lowest BCUT2D eigenvalue weighted by Crippen LogP contribution is -2.43. The van der Waals surface area contributed by atoms with E-state index in [1.165, 1.54) is 0 Å². The van der Waals surface area contributed by atoms with Crippen LogP contribution in [0.25, 0.3) is 0 Å². The van der Waals surface area contributed by atoms with Crippen molar-refractivity contribution in [1.29, 1.82) is 0 Å². The van der Waals surface area contributed by atoms with Gasteiger partial charge >= 0.3 is 0 Å². The van der Waals surface area contributed by atoms with Crippen molar-refractivity contribution in [3.63, 3.8) is 0 Å². The van der Waals surface area contributed by atoms with E-state index in [9.17, 15) is 13.6 Å². The normalized spacial score (nSPS) is 21.1. The summed E-state index contributed by atoms with van der Waals surface area (Å²) >= 11 is 0. The molecule has 1 aliphatic heterocycles. The lowest BCUT2D eigenvalue weighted by Gasteiger charge is -2.32. The van der Waals surface area contributed by atoms with Crippen molar-refractivity contribution in [2.24, 2.45) is 5.92 Å². The Morgan fingerprint density at radius 1 is 1.30 bits per heavy atom. The molecular weight excluding hydrogens is 350 g/mol. The lowest BCUT2D eigenvalue weighted by molar-refractivity contribution is -0.126. The van der Waals surface area contributed by atoms with E-state index in [0.29, 0.717) is 18.7 Å². The number of nitrogens with zero attached hydrogens (tertiary/aromatic N) is 3. The molecule has 1 aromatic heterocycles. The van der Waals surface area contributed by atoms with E-state index in [1.807, 2.05) is 11.5 Å². The molecule has 1 fully saturated rings. The Morgan fingerprint density at radius 2 is 2.07 bits per heavy atom. The minimum Gasteiger partial charge on any atom is -0.355 e. The highest BCUT2D eigenvalue weighted by Gasteiger charge is 2.39. The van der Waals surface area contributed by atoms with E-state index in [2.05, 4.69) is 15.5 Å². The van der Waals surface area contributed by atoms with E-state index in [4.69, 9.17) is 0 Å². The molecule has 2 aliphatic rings. The van der Waals surface area contributed by atoms with Gasteiger partial charge in [-0.25, -0.2) is 8.78 Å². The molecule has 4 rings (SSSR count). The summed E-state index contributed by atoms with van der Waals surface area (Å²) in [7, 11) is 0. The first-order valence-electron chi connectivity index (χ1n) is 9.61. The second-order valence-electron chi connectivity index (χ2n) is 7.82. The fraction of sp³-hybridized carbons (Fsp3) is 0.550. The zero-order chi connectivity index (χ0) is 19.0. The molecule has 0 saturated heterocycles. The van der Waals surface area contributed by atoms with Crippen molar-refractivity contribution in [3.8, 4) is 0 Å². The monoisotopic (exact) mass is 374 g/mol. The van der Waals surface area contributed by atoms with Crippen molar-refractivity contribution >= 4 is 5.91 Å². The molecule has 0 radical (unpaired) electrons. The Kier molecular flexibility index (Phi) is 4.70. The standard InChI is InChI=1S/C20H24F2N4O/c1-13-24-25-17-8-7-14(11-26(13)17)19(27)23-12-20(9-2-3-10-20)15-5-4-6-16(21)18(15)22/h4-6,14H,2-3,7-12H2,1H3,(H,23,27). The van der Waals surface area contributed by atoms with Crippen LogP contribution < -0.4 is 5.32 Å². The number of amides is 1. The van der Waals surface area contributed by atoms with E-state index >= 15 is 0 Å². The molecule has 27 heavy (non-hydrogen) atoms. The fourth-order valence-electron chi connectivity index (χ4n) is 4.58. The Hall–Kier alpha value is -2.31. The summed E-state index contributed by atoms with van der Waals surface area (Å²) in [6, 6.07) is 4.34. The van der Waals surface area contributed by atoms with Crippen molar-refractivity contribution in [3.05, 3.63) is 47.0 Å². The summed E-state index contributed by atoms with van der Waals surface area (Å²) < 4.78 is 30.2. The molecule has 1 unspecified atom stereocenters. The molecule has 0 bridgehead atoms. The van der Waals surface area contributed by atoms with Gasteiger partial charge < -0.3 is 9.88 Å². The number of hydrogen-bond acceptors (Lipinski definition) is 3. The number of benzene rings is 1. The molecule has 1 atom stereocenters. The van der Waals surface area contributed by atoms with Crippen molar-refractivity contribution in [2.75, 3.05) is 6.54 Å². The Morgan fingerprint density at radius 3 is 2.85 bits per heavy atom. The smallest absolute Gasteiger partial charge is 0.224 e. The number of aryl methyl sites for hydroxylation is 2. The van der Waals surface area contributed by atoms with Crippen LogP contribution in [0, 0.1) is 24.5 Å². The molecular formula is C20H24F2N4O. The van der Waals surface area contributed by atoms with Crippen LogP contribution >= 0.6 is 0 Å². The molecule has 2 aromatic rings. The lowest BCUT2D eigenvalue weighted by atomic mass is 9.78. The van der Waals surface area contributed by atoms with E-state index in [1.54, 1.807) is 12.1 Å². The second-order valence-corrected chi connectivity index (χ2v) is 7.82. The molecule has 1 aromatic carbocycles. The SMILES string of the molecule is Cc1nnc2n1CC(C(=O)NCC1(c3cccc(F)c3F)CCCC1)CC2. The van der Waals surface area contributed by atoms with Gasteiger partial charge in [0, 0.05) is 24.9 Å². The van der Waals surface area contributed by atoms with E-state index in [-0.39, 0.29) is 11.8 Å². The molecule has 1 N–H and O–H groups in total. The van der Waals surface area contributed by atoms with Crippen LogP contribution in [-0.2, 0) is 23.2 Å². The van der Waals surface area contributed by atoms with Gasteiger partial charge in [0.25, 0.3) is 0 Å². The third-order valence-electron chi connectivity index (χ3n) is 6.19. The topological polar surface area (TPSA) is 59.8 Å². The molecule has 1 aliphatic carbocycles. The Labute approximate surface area is 157 Å². The predicted molar refractivity (Wildman–Crippen MR) is 96.1 cm³/mol. The zero-order valence-corrected chi connectivity index (χ0v) is 15.5. The summed E-state index contributed by atoms with van der Waals surface area (Å²) in [6.45, 7) is 2.80. The van der Waals surface area contributed by atoms with Gasteiger partial charge in [0.2, 0.25) is 5.91 Å². The number of carbonyl (C=O) groups excluding carboxylic acids is 1. The average molecular weight is 374 g/mol. The largest absolute Gasteiger partial charge is 0.355 e. The molecule has 144 valence electrons. The van der Waals surface area contributed by atoms with Crippen molar-refractivity contribution < 1.29 is 13.6 Å². The van der Waals surface area contributed by atoms with Crippen LogP contribution in [0.15, 0.2) is 18.2 Å². The Bertz CT molecular complexity index is 858. The van der Waals surface area contributed by atoms with Crippen molar-refractivity contribution in [2.45, 2.75) is 57.4 Å². The van der Waals surface area contributed by atoms with E-state index in [0.717, 1.165) is 56.2 Å². The van der Waals surface area contributed by atoms with Crippen LogP contribution in [0.3, 0.4) is 0 Å². The van der Waals surface area contributed by atoms with Gasteiger partial charge in [0.05, 0.1) is 5.92 Å². The molecule has 1 saturated carbocycles. The summed E-state index contributed by atoms with van der Waals surface area (Å²) in [6.07, 6.45) is 4.88.